The predicted molar refractivity (Wildman–Crippen MR) is 67.7 cm³/mol. The highest BCUT2D eigenvalue weighted by Crippen LogP contribution is 2.49. The third-order valence-corrected chi connectivity index (χ3v) is 4.72. The van der Waals surface area contributed by atoms with Gasteiger partial charge in [0.1, 0.15) is 0 Å². The lowest BCUT2D eigenvalue weighted by Gasteiger charge is -2.20. The highest BCUT2D eigenvalue weighted by Gasteiger charge is 2.40. The van der Waals surface area contributed by atoms with E-state index < -0.39 is 0 Å². The van der Waals surface area contributed by atoms with Gasteiger partial charge in [-0.1, -0.05) is 6.42 Å². The van der Waals surface area contributed by atoms with Crippen LogP contribution in [0.1, 0.15) is 44.9 Å². The predicted octanol–water partition coefficient (Wildman–Crippen LogP) is 1.21. The maximum atomic E-state index is 11.8. The molecule has 3 aliphatic rings. The average molecular weight is 250 g/mol. The van der Waals surface area contributed by atoms with Crippen LogP contribution in [0.4, 0.5) is 0 Å². The summed E-state index contributed by atoms with van der Waals surface area (Å²) in [6.07, 6.45) is 8.04. The summed E-state index contributed by atoms with van der Waals surface area (Å²) in [5, 5.41) is 5.63. The molecule has 3 fully saturated rings. The van der Waals surface area contributed by atoms with Crippen molar-refractivity contribution in [3.8, 4) is 0 Å². The first-order valence-electron chi connectivity index (χ1n) is 7.27. The molecule has 4 heteroatoms. The summed E-state index contributed by atoms with van der Waals surface area (Å²) in [7, 11) is 0. The van der Waals surface area contributed by atoms with E-state index in [4.69, 9.17) is 0 Å². The highest BCUT2D eigenvalue weighted by molar-refractivity contribution is 5.85. The molecule has 0 unspecified atom stereocenters. The summed E-state index contributed by atoms with van der Waals surface area (Å²) >= 11 is 0. The van der Waals surface area contributed by atoms with Gasteiger partial charge in [-0.15, -0.1) is 0 Å². The van der Waals surface area contributed by atoms with Crippen LogP contribution in [0.15, 0.2) is 0 Å². The average Bonchev–Trinajstić information content (AvgIpc) is 2.90. The van der Waals surface area contributed by atoms with Crippen molar-refractivity contribution in [3.63, 3.8) is 0 Å². The molecule has 0 radical (unpaired) electrons. The van der Waals surface area contributed by atoms with Crippen LogP contribution in [0.25, 0.3) is 0 Å². The SMILES string of the molecule is O=C(C[C@H]1C[C@@H]2CC[C@H]1C2)NCC(=O)NC1CC1. The lowest BCUT2D eigenvalue weighted by Crippen LogP contribution is -2.38. The fourth-order valence-electron chi connectivity index (χ4n) is 3.62. The lowest BCUT2D eigenvalue weighted by atomic mass is 9.86. The Kier molecular flexibility index (Phi) is 3.27. The Morgan fingerprint density at radius 1 is 1.00 bits per heavy atom. The number of hydrogen-bond acceptors (Lipinski definition) is 2. The number of carbonyl (C=O) groups excluding carboxylic acids is 2. The minimum Gasteiger partial charge on any atom is -0.352 e. The van der Waals surface area contributed by atoms with Crippen LogP contribution in [0, 0.1) is 17.8 Å². The van der Waals surface area contributed by atoms with Crippen molar-refractivity contribution in [2.24, 2.45) is 17.8 Å². The van der Waals surface area contributed by atoms with Crippen molar-refractivity contribution >= 4 is 11.8 Å². The van der Waals surface area contributed by atoms with E-state index in [2.05, 4.69) is 10.6 Å². The Balaban J connectivity index is 1.35. The van der Waals surface area contributed by atoms with Crippen molar-refractivity contribution in [1.29, 1.82) is 0 Å². The molecule has 0 saturated heterocycles. The van der Waals surface area contributed by atoms with E-state index in [-0.39, 0.29) is 18.4 Å². The summed E-state index contributed by atoms with van der Waals surface area (Å²) in [6, 6.07) is 0.375. The van der Waals surface area contributed by atoms with Gasteiger partial charge in [0.2, 0.25) is 11.8 Å². The van der Waals surface area contributed by atoms with E-state index in [0.717, 1.165) is 24.7 Å². The van der Waals surface area contributed by atoms with E-state index in [0.29, 0.717) is 18.4 Å². The van der Waals surface area contributed by atoms with E-state index in [1.54, 1.807) is 0 Å². The molecule has 0 aromatic rings. The molecule has 0 aliphatic heterocycles. The summed E-state index contributed by atoms with van der Waals surface area (Å²) in [5.41, 5.74) is 0. The quantitative estimate of drug-likeness (QED) is 0.770. The Labute approximate surface area is 108 Å². The molecular weight excluding hydrogens is 228 g/mol. The molecule has 100 valence electrons. The highest BCUT2D eigenvalue weighted by atomic mass is 16.2. The number of fused-ring (bicyclic) bond motifs is 2. The molecule has 2 bridgehead atoms. The first-order valence-corrected chi connectivity index (χ1v) is 7.27. The summed E-state index contributed by atoms with van der Waals surface area (Å²) in [6.45, 7) is 0.149. The molecule has 18 heavy (non-hydrogen) atoms. The van der Waals surface area contributed by atoms with Gasteiger partial charge >= 0.3 is 0 Å². The summed E-state index contributed by atoms with van der Waals surface area (Å²) in [4.78, 5) is 23.2. The number of carbonyl (C=O) groups is 2. The normalized spacial score (nSPS) is 33.4. The summed E-state index contributed by atoms with van der Waals surface area (Å²) < 4.78 is 0. The Hall–Kier alpha value is -1.06. The van der Waals surface area contributed by atoms with Crippen LogP contribution < -0.4 is 10.6 Å². The van der Waals surface area contributed by atoms with Gasteiger partial charge in [-0.3, -0.25) is 9.59 Å². The zero-order valence-electron chi connectivity index (χ0n) is 10.8. The Morgan fingerprint density at radius 3 is 2.44 bits per heavy atom. The molecule has 3 rings (SSSR count). The van der Waals surface area contributed by atoms with E-state index in [9.17, 15) is 9.59 Å². The molecule has 0 aromatic heterocycles. The standard InChI is InChI=1S/C14H22N2O2/c17-13(15-8-14(18)16-12-3-4-12)7-11-6-9-1-2-10(11)5-9/h9-12H,1-8H2,(H,15,17)(H,16,18)/t9-,10+,11-/m1/s1. The second kappa shape index (κ2) is 4.90. The monoisotopic (exact) mass is 250 g/mol. The van der Waals surface area contributed by atoms with Crippen molar-refractivity contribution < 1.29 is 9.59 Å². The molecule has 3 atom stereocenters. The van der Waals surface area contributed by atoms with Crippen LogP contribution in [0.5, 0.6) is 0 Å². The second-order valence-electron chi connectivity index (χ2n) is 6.26. The maximum Gasteiger partial charge on any atom is 0.239 e. The molecular formula is C14H22N2O2. The van der Waals surface area contributed by atoms with Crippen LogP contribution in [-0.2, 0) is 9.59 Å². The number of hydrogen-bond donors (Lipinski definition) is 2. The van der Waals surface area contributed by atoms with Crippen molar-refractivity contribution in [1.82, 2.24) is 10.6 Å². The second-order valence-corrected chi connectivity index (χ2v) is 6.26. The molecule has 2 N–H and O–H groups in total. The van der Waals surface area contributed by atoms with Crippen LogP contribution in [0.3, 0.4) is 0 Å². The van der Waals surface area contributed by atoms with Gasteiger partial charge in [0.25, 0.3) is 0 Å². The van der Waals surface area contributed by atoms with Gasteiger partial charge in [-0.25, -0.2) is 0 Å². The molecule has 0 spiro atoms. The van der Waals surface area contributed by atoms with Crippen molar-refractivity contribution in [2.75, 3.05) is 6.54 Å². The molecule has 3 saturated carbocycles. The molecule has 0 heterocycles. The topological polar surface area (TPSA) is 58.2 Å². The smallest absolute Gasteiger partial charge is 0.239 e. The first-order chi connectivity index (χ1) is 8.70. The van der Waals surface area contributed by atoms with E-state index in [1.165, 1.54) is 25.7 Å². The molecule has 0 aromatic carbocycles. The van der Waals surface area contributed by atoms with Gasteiger partial charge in [0, 0.05) is 12.5 Å². The minimum absolute atomic E-state index is 0.0428. The van der Waals surface area contributed by atoms with Gasteiger partial charge in [0.05, 0.1) is 6.54 Å². The Morgan fingerprint density at radius 2 is 1.83 bits per heavy atom. The van der Waals surface area contributed by atoms with E-state index >= 15 is 0 Å². The first kappa shape index (κ1) is 12.0. The van der Waals surface area contributed by atoms with Crippen molar-refractivity contribution in [2.45, 2.75) is 51.0 Å². The van der Waals surface area contributed by atoms with Crippen LogP contribution in [-0.4, -0.2) is 24.4 Å². The van der Waals surface area contributed by atoms with Gasteiger partial charge in [-0.2, -0.15) is 0 Å². The largest absolute Gasteiger partial charge is 0.352 e. The van der Waals surface area contributed by atoms with Gasteiger partial charge in [-0.05, 0) is 49.9 Å². The Bertz CT molecular complexity index is 352. The zero-order chi connectivity index (χ0) is 12.5. The van der Waals surface area contributed by atoms with Crippen LogP contribution in [0.2, 0.25) is 0 Å². The van der Waals surface area contributed by atoms with E-state index in [1.807, 2.05) is 0 Å². The fraction of sp³-hybridized carbons (Fsp3) is 0.857. The zero-order valence-corrected chi connectivity index (χ0v) is 10.8. The maximum absolute atomic E-state index is 11.8. The third-order valence-electron chi connectivity index (χ3n) is 4.72. The number of nitrogens with one attached hydrogen (secondary N) is 2. The molecule has 2 amide bonds. The molecule has 4 nitrogen and oxygen atoms in total. The third kappa shape index (κ3) is 2.85. The van der Waals surface area contributed by atoms with Gasteiger partial charge < -0.3 is 10.6 Å². The number of rotatable bonds is 5. The lowest BCUT2D eigenvalue weighted by molar-refractivity contribution is -0.126. The fourth-order valence-corrected chi connectivity index (χ4v) is 3.62. The number of amides is 2. The van der Waals surface area contributed by atoms with Gasteiger partial charge in [0.15, 0.2) is 0 Å². The van der Waals surface area contributed by atoms with Crippen LogP contribution >= 0.6 is 0 Å². The minimum atomic E-state index is -0.0428. The summed E-state index contributed by atoms with van der Waals surface area (Å²) in [5.74, 6) is 2.25. The van der Waals surface area contributed by atoms with Crippen molar-refractivity contribution in [3.05, 3.63) is 0 Å². The molecule has 3 aliphatic carbocycles.